The van der Waals surface area contributed by atoms with Gasteiger partial charge in [0.05, 0.1) is 11.4 Å². The molecule has 4 rings (SSSR count). The van der Waals surface area contributed by atoms with Crippen LogP contribution in [0.4, 0.5) is 0 Å². The molecule has 1 heterocycles. The van der Waals surface area contributed by atoms with Gasteiger partial charge in [-0.05, 0) is 55.5 Å². The molecule has 120 valence electrons. The van der Waals surface area contributed by atoms with Crippen molar-refractivity contribution in [1.29, 1.82) is 0 Å². The summed E-state index contributed by atoms with van der Waals surface area (Å²) in [6.07, 6.45) is 1.78. The minimum Gasteiger partial charge on any atom is -0.298 e. The Bertz CT molecular complexity index is 978. The highest BCUT2D eigenvalue weighted by Gasteiger charge is 2.29. The van der Waals surface area contributed by atoms with E-state index in [4.69, 9.17) is 0 Å². The normalized spacial score (nSPS) is 12.2. The number of aromatic nitrogens is 2. The van der Waals surface area contributed by atoms with Gasteiger partial charge in [-0.1, -0.05) is 24.3 Å². The first kappa shape index (κ1) is 14.9. The van der Waals surface area contributed by atoms with Gasteiger partial charge in [-0.3, -0.25) is 9.89 Å². The molecular formula is C21H20N2O. The van der Waals surface area contributed by atoms with E-state index >= 15 is 0 Å². The Morgan fingerprint density at radius 3 is 2.25 bits per heavy atom. The summed E-state index contributed by atoms with van der Waals surface area (Å²) in [6, 6.07) is 7.63. The molecular weight excluding hydrogens is 296 g/mol. The number of nitrogens with one attached hydrogen (secondary N) is 1. The quantitative estimate of drug-likeness (QED) is 0.545. The molecule has 0 atom stereocenters. The second-order valence-electron chi connectivity index (χ2n) is 6.70. The first-order valence-corrected chi connectivity index (χ1v) is 8.25. The number of H-pyrrole nitrogens is 1. The van der Waals surface area contributed by atoms with E-state index in [1.807, 2.05) is 24.3 Å². The number of aromatic amines is 1. The van der Waals surface area contributed by atoms with Crippen molar-refractivity contribution in [3.05, 3.63) is 63.2 Å². The first-order chi connectivity index (χ1) is 11.5. The van der Waals surface area contributed by atoms with Crippen molar-refractivity contribution in [2.75, 3.05) is 0 Å². The van der Waals surface area contributed by atoms with Crippen molar-refractivity contribution in [3.63, 3.8) is 0 Å². The van der Waals surface area contributed by atoms with E-state index in [0.29, 0.717) is 5.56 Å². The molecule has 0 saturated heterocycles. The highest BCUT2D eigenvalue weighted by Crippen LogP contribution is 2.44. The average molecular weight is 316 g/mol. The maximum atomic E-state index is 10.9. The predicted molar refractivity (Wildman–Crippen MR) is 96.6 cm³/mol. The Morgan fingerprint density at radius 2 is 1.58 bits per heavy atom. The molecule has 0 bridgehead atoms. The van der Waals surface area contributed by atoms with Crippen LogP contribution in [0.15, 0.2) is 24.3 Å². The van der Waals surface area contributed by atoms with E-state index in [1.54, 1.807) is 0 Å². The number of carbonyl (C=O) groups is 1. The minimum atomic E-state index is 0.687. The first-order valence-electron chi connectivity index (χ1n) is 8.25. The van der Waals surface area contributed by atoms with Gasteiger partial charge in [0, 0.05) is 28.7 Å². The number of rotatable bonds is 2. The van der Waals surface area contributed by atoms with Gasteiger partial charge in [0.1, 0.15) is 6.29 Å². The molecule has 0 aliphatic heterocycles. The summed E-state index contributed by atoms with van der Waals surface area (Å²) in [6.45, 7) is 8.83. The van der Waals surface area contributed by atoms with Crippen molar-refractivity contribution in [1.82, 2.24) is 10.2 Å². The van der Waals surface area contributed by atoms with Crippen molar-refractivity contribution < 1.29 is 4.79 Å². The van der Waals surface area contributed by atoms with Crippen LogP contribution in [0.5, 0.6) is 0 Å². The fourth-order valence-corrected chi connectivity index (χ4v) is 3.83. The molecule has 1 aromatic heterocycles. The molecule has 3 heteroatoms. The van der Waals surface area contributed by atoms with Crippen LogP contribution < -0.4 is 0 Å². The number of nitrogens with zero attached hydrogens (tertiary/aromatic N) is 1. The molecule has 3 nitrogen and oxygen atoms in total. The van der Waals surface area contributed by atoms with Crippen LogP contribution >= 0.6 is 0 Å². The molecule has 0 radical (unpaired) electrons. The zero-order valence-electron chi connectivity index (χ0n) is 14.4. The lowest BCUT2D eigenvalue weighted by Crippen LogP contribution is -1.99. The van der Waals surface area contributed by atoms with E-state index in [1.165, 1.54) is 38.9 Å². The second kappa shape index (κ2) is 5.17. The monoisotopic (exact) mass is 316 g/mol. The maximum absolute atomic E-state index is 10.9. The summed E-state index contributed by atoms with van der Waals surface area (Å²) in [5, 5.41) is 7.84. The Kier molecular flexibility index (Phi) is 3.20. The lowest BCUT2D eigenvalue weighted by molar-refractivity contribution is 0.112. The van der Waals surface area contributed by atoms with Gasteiger partial charge in [-0.15, -0.1) is 0 Å². The molecule has 0 saturated carbocycles. The van der Waals surface area contributed by atoms with Crippen molar-refractivity contribution >= 4 is 6.29 Å². The number of carbonyl (C=O) groups excluding carboxylic acids is 1. The lowest BCUT2D eigenvalue weighted by atomic mass is 9.90. The molecule has 0 unspecified atom stereocenters. The van der Waals surface area contributed by atoms with E-state index in [0.717, 1.165) is 29.7 Å². The van der Waals surface area contributed by atoms with Gasteiger partial charge in [-0.25, -0.2) is 0 Å². The van der Waals surface area contributed by atoms with Crippen LogP contribution in [0.1, 0.15) is 43.7 Å². The molecule has 3 aromatic rings. The van der Waals surface area contributed by atoms with E-state index < -0.39 is 0 Å². The molecule has 2 aromatic carbocycles. The largest absolute Gasteiger partial charge is 0.298 e. The summed E-state index contributed by atoms with van der Waals surface area (Å²) in [5.41, 5.74) is 13.4. The molecule has 1 N–H and O–H groups in total. The molecule has 1 aliphatic rings. The second-order valence-corrected chi connectivity index (χ2v) is 6.70. The predicted octanol–water partition coefficient (Wildman–Crippen LogP) is 4.69. The summed E-state index contributed by atoms with van der Waals surface area (Å²) in [4.78, 5) is 10.9. The van der Waals surface area contributed by atoms with Crippen LogP contribution in [0, 0.1) is 27.7 Å². The van der Waals surface area contributed by atoms with Gasteiger partial charge in [0.15, 0.2) is 0 Å². The summed E-state index contributed by atoms with van der Waals surface area (Å²) in [5.74, 6) is 0. The summed E-state index contributed by atoms with van der Waals surface area (Å²) in [7, 11) is 0. The Balaban J connectivity index is 1.89. The maximum Gasteiger partial charge on any atom is 0.150 e. The molecule has 0 fully saturated rings. The van der Waals surface area contributed by atoms with E-state index in [9.17, 15) is 4.79 Å². The average Bonchev–Trinajstić information content (AvgIpc) is 3.17. The van der Waals surface area contributed by atoms with Crippen LogP contribution in [0.25, 0.3) is 22.5 Å². The van der Waals surface area contributed by atoms with Crippen LogP contribution in [-0.2, 0) is 6.42 Å². The number of hydrogen-bond acceptors (Lipinski definition) is 2. The number of aldehydes is 1. The molecule has 0 amide bonds. The fourth-order valence-electron chi connectivity index (χ4n) is 3.83. The number of hydrogen-bond donors (Lipinski definition) is 1. The Morgan fingerprint density at radius 1 is 0.917 bits per heavy atom. The van der Waals surface area contributed by atoms with Crippen molar-refractivity contribution in [2.24, 2.45) is 0 Å². The SMILES string of the molecule is Cc1c(C)c(C)c2c(c1C)Cc1c(-c3ccc(C=O)cc3)n[nH]c1-2. The van der Waals surface area contributed by atoms with Gasteiger partial charge in [-0.2, -0.15) is 5.10 Å². The standard InChI is InChI=1S/C21H20N2O/c1-11-12(2)14(4)19-17(13(11)3)9-18-20(22-23-21(18)19)16-7-5-15(10-24)6-8-16/h5-8,10H,9H2,1-4H3,(H,22,23). The zero-order valence-corrected chi connectivity index (χ0v) is 14.4. The van der Waals surface area contributed by atoms with Crippen molar-refractivity contribution in [2.45, 2.75) is 34.1 Å². The smallest absolute Gasteiger partial charge is 0.150 e. The molecule has 0 spiro atoms. The third-order valence-corrected chi connectivity index (χ3v) is 5.61. The van der Waals surface area contributed by atoms with Crippen molar-refractivity contribution in [3.8, 4) is 22.5 Å². The third kappa shape index (κ3) is 1.91. The van der Waals surface area contributed by atoms with Gasteiger partial charge in [0.2, 0.25) is 0 Å². The van der Waals surface area contributed by atoms with Crippen LogP contribution in [0.3, 0.4) is 0 Å². The fraction of sp³-hybridized carbons (Fsp3) is 0.238. The summed E-state index contributed by atoms with van der Waals surface area (Å²) >= 11 is 0. The minimum absolute atomic E-state index is 0.687. The third-order valence-electron chi connectivity index (χ3n) is 5.61. The molecule has 24 heavy (non-hydrogen) atoms. The summed E-state index contributed by atoms with van der Waals surface area (Å²) < 4.78 is 0. The van der Waals surface area contributed by atoms with Gasteiger partial charge in [0.25, 0.3) is 0 Å². The van der Waals surface area contributed by atoms with E-state index in [-0.39, 0.29) is 0 Å². The Labute approximate surface area is 141 Å². The van der Waals surface area contributed by atoms with Crippen LogP contribution in [0.2, 0.25) is 0 Å². The zero-order chi connectivity index (χ0) is 17.0. The molecule has 1 aliphatic carbocycles. The van der Waals surface area contributed by atoms with Gasteiger partial charge < -0.3 is 0 Å². The number of benzene rings is 2. The highest BCUT2D eigenvalue weighted by molar-refractivity contribution is 5.85. The van der Waals surface area contributed by atoms with Crippen LogP contribution in [-0.4, -0.2) is 16.5 Å². The topological polar surface area (TPSA) is 45.8 Å². The number of fused-ring (bicyclic) bond motifs is 3. The highest BCUT2D eigenvalue weighted by atomic mass is 16.1. The Hall–Kier alpha value is -2.68. The van der Waals surface area contributed by atoms with Gasteiger partial charge >= 0.3 is 0 Å². The lowest BCUT2D eigenvalue weighted by Gasteiger charge is -2.15. The van der Waals surface area contributed by atoms with E-state index in [2.05, 4.69) is 37.9 Å².